The molecule has 2 rings (SSSR count). The minimum atomic E-state index is -0.167. The maximum Gasteiger partial charge on any atom is 0.275 e. The Balaban J connectivity index is 2.30. The molecule has 1 heterocycles. The quantitative estimate of drug-likeness (QED) is 0.403. The van der Waals surface area contributed by atoms with Gasteiger partial charge in [0.25, 0.3) is 5.91 Å². The molecule has 0 aliphatic heterocycles. The number of thiophene rings is 1. The molecular weight excluding hydrogens is 184 g/mol. The van der Waals surface area contributed by atoms with Gasteiger partial charge in [-0.1, -0.05) is 0 Å². The summed E-state index contributed by atoms with van der Waals surface area (Å²) >= 11 is 1.58. The molecule has 0 atom stereocenters. The maximum absolute atomic E-state index is 11.2. The molecule has 0 saturated carbocycles. The van der Waals surface area contributed by atoms with Crippen LogP contribution in [0.2, 0.25) is 0 Å². The molecule has 1 aliphatic carbocycles. The summed E-state index contributed by atoms with van der Waals surface area (Å²) in [4.78, 5) is 13.3. The lowest BCUT2D eigenvalue weighted by Gasteiger charge is -2.08. The van der Waals surface area contributed by atoms with E-state index in [0.717, 1.165) is 17.7 Å². The zero-order valence-corrected chi connectivity index (χ0v) is 8.12. The summed E-state index contributed by atoms with van der Waals surface area (Å²) in [6.45, 7) is 0. The molecule has 1 aromatic rings. The minimum Gasteiger partial charge on any atom is -0.289 e. The number of hydrazine groups is 1. The first-order chi connectivity index (χ1) is 6.31. The molecule has 0 spiro atoms. The second kappa shape index (κ2) is 3.47. The fourth-order valence-electron chi connectivity index (χ4n) is 1.67. The van der Waals surface area contributed by atoms with E-state index in [4.69, 9.17) is 5.84 Å². The predicted molar refractivity (Wildman–Crippen MR) is 52.6 cm³/mol. The van der Waals surface area contributed by atoms with Crippen molar-refractivity contribution in [3.05, 3.63) is 21.4 Å². The molecule has 0 radical (unpaired) electrons. The molecule has 0 saturated heterocycles. The number of hydrogen-bond acceptors (Lipinski definition) is 3. The maximum atomic E-state index is 11.2. The molecule has 4 heteroatoms. The van der Waals surface area contributed by atoms with E-state index in [9.17, 15) is 4.79 Å². The highest BCUT2D eigenvalue weighted by molar-refractivity contribution is 7.14. The van der Waals surface area contributed by atoms with Crippen LogP contribution in [0.25, 0.3) is 0 Å². The molecule has 70 valence electrons. The van der Waals surface area contributed by atoms with E-state index in [1.165, 1.54) is 23.3 Å². The monoisotopic (exact) mass is 196 g/mol. The van der Waals surface area contributed by atoms with Gasteiger partial charge < -0.3 is 0 Å². The molecule has 3 N–H and O–H groups in total. The zero-order chi connectivity index (χ0) is 9.26. The Morgan fingerprint density at radius 1 is 1.46 bits per heavy atom. The van der Waals surface area contributed by atoms with Crippen molar-refractivity contribution in [1.82, 2.24) is 5.43 Å². The van der Waals surface area contributed by atoms with Gasteiger partial charge in [-0.05, 0) is 37.3 Å². The van der Waals surface area contributed by atoms with Crippen molar-refractivity contribution in [1.29, 1.82) is 0 Å². The topological polar surface area (TPSA) is 55.1 Å². The van der Waals surface area contributed by atoms with Crippen molar-refractivity contribution in [2.45, 2.75) is 25.7 Å². The van der Waals surface area contributed by atoms with Crippen molar-refractivity contribution in [2.75, 3.05) is 0 Å². The molecule has 0 bridgehead atoms. The number of nitrogen functional groups attached to an aromatic ring is 1. The van der Waals surface area contributed by atoms with Crippen LogP contribution in [0.1, 0.15) is 33.0 Å². The standard InChI is InChI=1S/C9H12N2OS/c10-11-9(12)8-5-6-3-1-2-4-7(6)13-8/h5H,1-4,10H2,(H,11,12). The van der Waals surface area contributed by atoms with Crippen LogP contribution in [0.15, 0.2) is 6.07 Å². The first-order valence-electron chi connectivity index (χ1n) is 4.44. The molecular formula is C9H12N2OS. The van der Waals surface area contributed by atoms with E-state index in [-0.39, 0.29) is 5.91 Å². The largest absolute Gasteiger partial charge is 0.289 e. The van der Waals surface area contributed by atoms with Crippen LogP contribution in [-0.4, -0.2) is 5.91 Å². The van der Waals surface area contributed by atoms with Gasteiger partial charge in [0, 0.05) is 4.88 Å². The second-order valence-electron chi connectivity index (χ2n) is 3.24. The summed E-state index contributed by atoms with van der Waals surface area (Å²) in [5.41, 5.74) is 3.50. The summed E-state index contributed by atoms with van der Waals surface area (Å²) in [7, 11) is 0. The van der Waals surface area contributed by atoms with E-state index in [0.29, 0.717) is 0 Å². The lowest BCUT2D eigenvalue weighted by molar-refractivity contribution is 0.0957. The number of amides is 1. The first-order valence-corrected chi connectivity index (χ1v) is 5.25. The lowest BCUT2D eigenvalue weighted by atomic mass is 9.99. The van der Waals surface area contributed by atoms with Crippen molar-refractivity contribution >= 4 is 17.2 Å². The molecule has 1 aromatic heterocycles. The van der Waals surface area contributed by atoms with Crippen molar-refractivity contribution in [3.8, 4) is 0 Å². The van der Waals surface area contributed by atoms with E-state index in [1.807, 2.05) is 6.07 Å². The SMILES string of the molecule is NNC(=O)c1cc2c(s1)CCCC2. The third-order valence-corrected chi connectivity index (χ3v) is 3.59. The summed E-state index contributed by atoms with van der Waals surface area (Å²) in [6.07, 6.45) is 4.73. The van der Waals surface area contributed by atoms with Crippen molar-refractivity contribution in [3.63, 3.8) is 0 Å². The Kier molecular flexibility index (Phi) is 2.33. The highest BCUT2D eigenvalue weighted by Crippen LogP contribution is 2.29. The number of nitrogens with one attached hydrogen (secondary N) is 1. The number of aryl methyl sites for hydroxylation is 2. The van der Waals surface area contributed by atoms with Crippen LogP contribution in [0.5, 0.6) is 0 Å². The highest BCUT2D eigenvalue weighted by Gasteiger charge is 2.16. The van der Waals surface area contributed by atoms with E-state index < -0.39 is 0 Å². The molecule has 0 fully saturated rings. The van der Waals surface area contributed by atoms with E-state index in [1.54, 1.807) is 11.3 Å². The first kappa shape index (κ1) is 8.72. The third kappa shape index (κ3) is 1.59. The van der Waals surface area contributed by atoms with Crippen LogP contribution in [-0.2, 0) is 12.8 Å². The summed E-state index contributed by atoms with van der Waals surface area (Å²) in [5, 5.41) is 0. The highest BCUT2D eigenvalue weighted by atomic mass is 32.1. The number of rotatable bonds is 1. The normalized spacial score (nSPS) is 15.2. The van der Waals surface area contributed by atoms with Crippen LogP contribution < -0.4 is 11.3 Å². The average molecular weight is 196 g/mol. The lowest BCUT2D eigenvalue weighted by Crippen LogP contribution is -2.29. The second-order valence-corrected chi connectivity index (χ2v) is 4.38. The summed E-state index contributed by atoms with van der Waals surface area (Å²) in [5.74, 6) is 4.90. The fourth-order valence-corrected chi connectivity index (χ4v) is 2.83. The summed E-state index contributed by atoms with van der Waals surface area (Å²) < 4.78 is 0. The minimum absolute atomic E-state index is 0.167. The molecule has 1 amide bonds. The number of nitrogens with two attached hydrogens (primary N) is 1. The van der Waals surface area contributed by atoms with Gasteiger partial charge in [-0.25, -0.2) is 5.84 Å². The van der Waals surface area contributed by atoms with Crippen LogP contribution in [0.4, 0.5) is 0 Å². The van der Waals surface area contributed by atoms with Crippen LogP contribution >= 0.6 is 11.3 Å². The average Bonchev–Trinajstić information content (AvgIpc) is 2.59. The molecule has 13 heavy (non-hydrogen) atoms. The summed E-state index contributed by atoms with van der Waals surface area (Å²) in [6, 6.07) is 1.97. The van der Waals surface area contributed by atoms with Gasteiger partial charge in [0.2, 0.25) is 0 Å². The van der Waals surface area contributed by atoms with E-state index >= 15 is 0 Å². The van der Waals surface area contributed by atoms with Gasteiger partial charge in [0.1, 0.15) is 0 Å². The van der Waals surface area contributed by atoms with Gasteiger partial charge in [-0.15, -0.1) is 11.3 Å². The van der Waals surface area contributed by atoms with Crippen LogP contribution in [0.3, 0.4) is 0 Å². The number of carbonyl (C=O) groups is 1. The third-order valence-electron chi connectivity index (χ3n) is 2.35. The van der Waals surface area contributed by atoms with Crippen LogP contribution in [0, 0.1) is 0 Å². The number of fused-ring (bicyclic) bond motifs is 1. The van der Waals surface area contributed by atoms with Gasteiger partial charge >= 0.3 is 0 Å². The van der Waals surface area contributed by atoms with E-state index in [2.05, 4.69) is 5.43 Å². The van der Waals surface area contributed by atoms with Gasteiger partial charge in [0.05, 0.1) is 4.88 Å². The molecule has 0 unspecified atom stereocenters. The number of hydrogen-bond donors (Lipinski definition) is 2. The Bertz CT molecular complexity index is 309. The number of carbonyl (C=O) groups excluding carboxylic acids is 1. The van der Waals surface area contributed by atoms with Crippen molar-refractivity contribution in [2.24, 2.45) is 5.84 Å². The Hall–Kier alpha value is -0.870. The van der Waals surface area contributed by atoms with Crippen molar-refractivity contribution < 1.29 is 4.79 Å². The molecule has 0 aromatic carbocycles. The predicted octanol–water partition coefficient (Wildman–Crippen LogP) is 1.23. The smallest absolute Gasteiger partial charge is 0.275 e. The zero-order valence-electron chi connectivity index (χ0n) is 7.30. The Labute approximate surface area is 80.9 Å². The molecule has 3 nitrogen and oxygen atoms in total. The molecule has 1 aliphatic rings. The fraction of sp³-hybridized carbons (Fsp3) is 0.444. The van der Waals surface area contributed by atoms with Gasteiger partial charge in [-0.2, -0.15) is 0 Å². The Morgan fingerprint density at radius 3 is 2.92 bits per heavy atom. The Morgan fingerprint density at radius 2 is 2.23 bits per heavy atom. The van der Waals surface area contributed by atoms with Gasteiger partial charge in [0.15, 0.2) is 0 Å². The van der Waals surface area contributed by atoms with Gasteiger partial charge in [-0.3, -0.25) is 10.2 Å².